The first-order valence-corrected chi connectivity index (χ1v) is 11.7. The number of aryl methyl sites for hydroxylation is 1. The summed E-state index contributed by atoms with van der Waals surface area (Å²) >= 11 is 6.15. The van der Waals surface area contributed by atoms with E-state index in [2.05, 4.69) is 38.7 Å². The van der Waals surface area contributed by atoms with Crippen LogP contribution in [0.3, 0.4) is 0 Å². The van der Waals surface area contributed by atoms with Gasteiger partial charge in [-0.3, -0.25) is 14.6 Å². The normalized spacial score (nSPS) is 22.8. The summed E-state index contributed by atoms with van der Waals surface area (Å²) in [5.74, 6) is 0.309. The molecule has 0 radical (unpaired) electrons. The van der Waals surface area contributed by atoms with Gasteiger partial charge in [0.2, 0.25) is 5.91 Å². The predicted octanol–water partition coefficient (Wildman–Crippen LogP) is 3.25. The van der Waals surface area contributed by atoms with E-state index in [4.69, 9.17) is 11.6 Å². The average Bonchev–Trinajstić information content (AvgIpc) is 2.77. The van der Waals surface area contributed by atoms with Crippen molar-refractivity contribution in [2.45, 2.75) is 45.1 Å². The lowest BCUT2D eigenvalue weighted by Crippen LogP contribution is -2.55. The number of piperazine rings is 2. The zero-order valence-electron chi connectivity index (χ0n) is 17.8. The van der Waals surface area contributed by atoms with Crippen molar-refractivity contribution in [3.63, 3.8) is 0 Å². The minimum Gasteiger partial charge on any atom is -0.369 e. The van der Waals surface area contributed by atoms with Gasteiger partial charge in [0.15, 0.2) is 0 Å². The van der Waals surface area contributed by atoms with Gasteiger partial charge in [-0.1, -0.05) is 30.9 Å². The first-order chi connectivity index (χ1) is 14.1. The van der Waals surface area contributed by atoms with Crippen molar-refractivity contribution in [3.05, 3.63) is 28.8 Å². The predicted molar refractivity (Wildman–Crippen MR) is 120 cm³/mol. The van der Waals surface area contributed by atoms with Crippen LogP contribution in [0.1, 0.15) is 37.7 Å². The number of nitrogens with zero attached hydrogens (tertiary/aromatic N) is 4. The zero-order chi connectivity index (χ0) is 20.2. The lowest BCUT2D eigenvalue weighted by molar-refractivity contribution is -0.134. The maximum absolute atomic E-state index is 12.8. The van der Waals surface area contributed by atoms with E-state index in [0.29, 0.717) is 12.5 Å². The van der Waals surface area contributed by atoms with Crippen LogP contribution in [0.2, 0.25) is 5.02 Å². The molecule has 2 heterocycles. The molecule has 0 aromatic heterocycles. The molecule has 2 saturated heterocycles. The Morgan fingerprint density at radius 3 is 2.31 bits per heavy atom. The van der Waals surface area contributed by atoms with Crippen molar-refractivity contribution in [2.24, 2.45) is 0 Å². The highest BCUT2D eigenvalue weighted by Crippen LogP contribution is 2.24. The Labute approximate surface area is 180 Å². The first kappa shape index (κ1) is 21.0. The van der Waals surface area contributed by atoms with E-state index in [-0.39, 0.29) is 0 Å². The molecule has 0 unspecified atom stereocenters. The standard InChI is InChI=1S/C23H35ClN4O/c1-19-17-21(7-8-22(19)24)27-11-9-25(10-12-27)18-23(29)28-15-13-26(14-16-28)20-5-3-2-4-6-20/h7-8,17,20H,2-6,9-16,18H2,1H3. The third kappa shape index (κ3) is 5.25. The van der Waals surface area contributed by atoms with Crippen molar-refractivity contribution in [3.8, 4) is 0 Å². The van der Waals surface area contributed by atoms with E-state index in [0.717, 1.165) is 69.0 Å². The third-order valence-electron chi connectivity index (χ3n) is 7.00. The number of halogens is 1. The Bertz CT molecular complexity index is 690. The summed E-state index contributed by atoms with van der Waals surface area (Å²) in [7, 11) is 0. The second-order valence-electron chi connectivity index (χ2n) is 8.91. The summed E-state index contributed by atoms with van der Waals surface area (Å²) < 4.78 is 0. The molecule has 5 nitrogen and oxygen atoms in total. The molecule has 1 aliphatic carbocycles. The van der Waals surface area contributed by atoms with E-state index >= 15 is 0 Å². The molecule has 1 saturated carbocycles. The summed E-state index contributed by atoms with van der Waals surface area (Å²) in [6.07, 6.45) is 6.87. The second-order valence-corrected chi connectivity index (χ2v) is 9.31. The van der Waals surface area contributed by atoms with Gasteiger partial charge in [-0.25, -0.2) is 0 Å². The summed E-state index contributed by atoms with van der Waals surface area (Å²) in [6.45, 7) is 10.3. The van der Waals surface area contributed by atoms with Gasteiger partial charge in [0, 0.05) is 69.1 Å². The summed E-state index contributed by atoms with van der Waals surface area (Å²) in [4.78, 5) is 22.3. The Morgan fingerprint density at radius 2 is 1.66 bits per heavy atom. The Hall–Kier alpha value is -1.30. The first-order valence-electron chi connectivity index (χ1n) is 11.4. The Balaban J connectivity index is 1.20. The smallest absolute Gasteiger partial charge is 0.236 e. The van der Waals surface area contributed by atoms with Crippen LogP contribution in [0.15, 0.2) is 18.2 Å². The minimum absolute atomic E-state index is 0.309. The van der Waals surface area contributed by atoms with Gasteiger partial charge in [0.05, 0.1) is 6.54 Å². The van der Waals surface area contributed by atoms with Crippen LogP contribution in [0.4, 0.5) is 5.69 Å². The molecule has 6 heteroatoms. The Kier molecular flexibility index (Phi) is 6.99. The van der Waals surface area contributed by atoms with E-state index in [9.17, 15) is 4.79 Å². The number of anilines is 1. The summed E-state index contributed by atoms with van der Waals surface area (Å²) in [5, 5.41) is 0.821. The molecule has 0 N–H and O–H groups in total. The monoisotopic (exact) mass is 418 g/mol. The molecule has 2 aliphatic heterocycles. The lowest BCUT2D eigenvalue weighted by atomic mass is 9.94. The molecular formula is C23H35ClN4O. The lowest BCUT2D eigenvalue weighted by Gasteiger charge is -2.41. The molecule has 0 bridgehead atoms. The van der Waals surface area contributed by atoms with E-state index < -0.39 is 0 Å². The van der Waals surface area contributed by atoms with Crippen molar-refractivity contribution in [1.82, 2.24) is 14.7 Å². The molecule has 3 fully saturated rings. The number of carbonyl (C=O) groups excluding carboxylic acids is 1. The van der Waals surface area contributed by atoms with Crippen molar-refractivity contribution in [1.29, 1.82) is 0 Å². The fourth-order valence-corrected chi connectivity index (χ4v) is 5.18. The maximum Gasteiger partial charge on any atom is 0.236 e. The number of rotatable bonds is 4. The van der Waals surface area contributed by atoms with Crippen molar-refractivity contribution >= 4 is 23.2 Å². The number of amides is 1. The quantitative estimate of drug-likeness (QED) is 0.750. The number of carbonyl (C=O) groups is 1. The molecule has 0 spiro atoms. The molecule has 29 heavy (non-hydrogen) atoms. The van der Waals surface area contributed by atoms with Gasteiger partial charge in [-0.2, -0.15) is 0 Å². The number of hydrogen-bond acceptors (Lipinski definition) is 4. The summed E-state index contributed by atoms with van der Waals surface area (Å²) in [5.41, 5.74) is 2.35. The number of benzene rings is 1. The van der Waals surface area contributed by atoms with Crippen LogP contribution in [-0.4, -0.2) is 85.6 Å². The maximum atomic E-state index is 12.8. The molecule has 3 aliphatic rings. The van der Waals surface area contributed by atoms with Crippen LogP contribution < -0.4 is 4.90 Å². The van der Waals surface area contributed by atoms with Crippen molar-refractivity contribution in [2.75, 3.05) is 63.8 Å². The van der Waals surface area contributed by atoms with Gasteiger partial charge in [-0.05, 0) is 43.5 Å². The second kappa shape index (κ2) is 9.67. The highest BCUT2D eigenvalue weighted by molar-refractivity contribution is 6.31. The highest BCUT2D eigenvalue weighted by atomic mass is 35.5. The minimum atomic E-state index is 0.309. The summed E-state index contributed by atoms with van der Waals surface area (Å²) in [6, 6.07) is 7.01. The largest absolute Gasteiger partial charge is 0.369 e. The van der Waals surface area contributed by atoms with Gasteiger partial charge in [-0.15, -0.1) is 0 Å². The molecule has 1 amide bonds. The molecular weight excluding hydrogens is 384 g/mol. The third-order valence-corrected chi connectivity index (χ3v) is 7.42. The van der Waals surface area contributed by atoms with Crippen LogP contribution in [-0.2, 0) is 4.79 Å². The molecule has 1 aromatic rings. The van der Waals surface area contributed by atoms with Crippen LogP contribution in [0.5, 0.6) is 0 Å². The number of hydrogen-bond donors (Lipinski definition) is 0. The van der Waals surface area contributed by atoms with Crippen LogP contribution >= 0.6 is 11.6 Å². The fraction of sp³-hybridized carbons (Fsp3) is 0.696. The topological polar surface area (TPSA) is 30.0 Å². The van der Waals surface area contributed by atoms with Gasteiger partial charge < -0.3 is 9.80 Å². The SMILES string of the molecule is Cc1cc(N2CCN(CC(=O)N3CCN(C4CCCCC4)CC3)CC2)ccc1Cl. The molecule has 1 aromatic carbocycles. The van der Waals surface area contributed by atoms with E-state index in [1.54, 1.807) is 0 Å². The zero-order valence-corrected chi connectivity index (χ0v) is 18.5. The van der Waals surface area contributed by atoms with Gasteiger partial charge >= 0.3 is 0 Å². The molecule has 0 atom stereocenters. The van der Waals surface area contributed by atoms with Crippen molar-refractivity contribution < 1.29 is 4.79 Å². The Morgan fingerprint density at radius 1 is 0.966 bits per heavy atom. The van der Waals surface area contributed by atoms with E-state index in [1.165, 1.54) is 37.8 Å². The fourth-order valence-electron chi connectivity index (χ4n) is 5.06. The average molecular weight is 419 g/mol. The highest BCUT2D eigenvalue weighted by Gasteiger charge is 2.28. The van der Waals surface area contributed by atoms with Crippen LogP contribution in [0.25, 0.3) is 0 Å². The molecule has 160 valence electrons. The van der Waals surface area contributed by atoms with Gasteiger partial charge in [0.25, 0.3) is 0 Å². The molecule has 4 rings (SSSR count). The van der Waals surface area contributed by atoms with E-state index in [1.807, 2.05) is 6.07 Å². The van der Waals surface area contributed by atoms with Gasteiger partial charge in [0.1, 0.15) is 0 Å². The van der Waals surface area contributed by atoms with Crippen LogP contribution in [0, 0.1) is 6.92 Å².